The number of nitrogens with zero attached hydrogens (tertiary/aromatic N) is 1. The van der Waals surface area contributed by atoms with E-state index < -0.39 is 21.7 Å². The Hall–Kier alpha value is -1.99. The first-order valence-electron chi connectivity index (χ1n) is 10.2. The normalized spacial score (nSPS) is 25.4. The second-order valence-corrected chi connectivity index (χ2v) is 9.88. The van der Waals surface area contributed by atoms with Gasteiger partial charge in [0.15, 0.2) is 11.6 Å². The Bertz CT molecular complexity index is 979. The van der Waals surface area contributed by atoms with Crippen LogP contribution in [-0.4, -0.2) is 31.9 Å². The van der Waals surface area contributed by atoms with Gasteiger partial charge in [-0.2, -0.15) is 0 Å². The summed E-state index contributed by atoms with van der Waals surface area (Å²) in [7, 11) is -3.97. The molecule has 4 nitrogen and oxygen atoms in total. The Balaban J connectivity index is 1.42. The average molecular weight is 421 g/mol. The maximum atomic E-state index is 13.4. The number of rotatable bonds is 5. The molecule has 1 aliphatic carbocycles. The second-order valence-electron chi connectivity index (χ2n) is 8.20. The Morgan fingerprint density at radius 2 is 1.76 bits per heavy atom. The average Bonchev–Trinajstić information content (AvgIpc) is 3.33. The molecule has 2 aromatic carbocycles. The third-order valence-electron chi connectivity index (χ3n) is 6.31. The van der Waals surface area contributed by atoms with Gasteiger partial charge in [0.1, 0.15) is 0 Å². The third kappa shape index (κ3) is 4.31. The molecule has 2 aromatic rings. The van der Waals surface area contributed by atoms with Crippen molar-refractivity contribution in [2.24, 2.45) is 0 Å². The van der Waals surface area contributed by atoms with Crippen LogP contribution in [0, 0.1) is 11.6 Å². The lowest BCUT2D eigenvalue weighted by Crippen LogP contribution is -2.35. The fourth-order valence-electron chi connectivity index (χ4n) is 4.74. The molecule has 3 atom stereocenters. The van der Waals surface area contributed by atoms with Gasteiger partial charge in [0.2, 0.25) is 0 Å². The number of benzene rings is 2. The van der Waals surface area contributed by atoms with Crippen molar-refractivity contribution in [2.45, 2.75) is 61.9 Å². The fraction of sp³-hybridized carbons (Fsp3) is 0.455. The smallest absolute Gasteiger partial charge is 0.261 e. The first-order chi connectivity index (χ1) is 13.8. The molecule has 1 N–H and O–H groups in total. The minimum absolute atomic E-state index is 0.307. The predicted octanol–water partition coefficient (Wildman–Crippen LogP) is 4.89. The first-order valence-corrected chi connectivity index (χ1v) is 11.7. The van der Waals surface area contributed by atoms with Gasteiger partial charge in [-0.1, -0.05) is 12.1 Å². The minimum Gasteiger partial charge on any atom is -0.298 e. The highest BCUT2D eigenvalue weighted by atomic mass is 32.2. The van der Waals surface area contributed by atoms with Crippen LogP contribution in [0.4, 0.5) is 14.5 Å². The topological polar surface area (TPSA) is 49.4 Å². The van der Waals surface area contributed by atoms with Gasteiger partial charge in [-0.3, -0.25) is 9.62 Å². The summed E-state index contributed by atoms with van der Waals surface area (Å²) in [5, 5.41) is 0. The summed E-state index contributed by atoms with van der Waals surface area (Å²) < 4.78 is 53.7. The van der Waals surface area contributed by atoms with E-state index in [4.69, 9.17) is 0 Å². The zero-order chi connectivity index (χ0) is 20.6. The lowest BCUT2D eigenvalue weighted by molar-refractivity contribution is 0.191. The van der Waals surface area contributed by atoms with Gasteiger partial charge in [-0.15, -0.1) is 0 Å². The van der Waals surface area contributed by atoms with Crippen molar-refractivity contribution in [3.8, 4) is 0 Å². The quantitative estimate of drug-likeness (QED) is 0.750. The van der Waals surface area contributed by atoms with Gasteiger partial charge in [0.05, 0.1) is 4.90 Å². The molecule has 4 rings (SSSR count). The van der Waals surface area contributed by atoms with Crippen LogP contribution in [0.5, 0.6) is 0 Å². The highest BCUT2D eigenvalue weighted by Crippen LogP contribution is 2.39. The van der Waals surface area contributed by atoms with Crippen LogP contribution >= 0.6 is 0 Å². The van der Waals surface area contributed by atoms with E-state index in [-0.39, 0.29) is 4.90 Å². The summed E-state index contributed by atoms with van der Waals surface area (Å²) in [6.45, 7) is 3.51. The SMILES string of the molecule is CC1CCCN1C1CCC(c2ccc(NS(=O)(=O)c3ccc(F)c(F)c3)cc2)C1. The molecular weight excluding hydrogens is 394 g/mol. The van der Waals surface area contributed by atoms with Crippen LogP contribution in [0.3, 0.4) is 0 Å². The Morgan fingerprint density at radius 3 is 2.41 bits per heavy atom. The van der Waals surface area contributed by atoms with Crippen molar-refractivity contribution in [2.75, 3.05) is 11.3 Å². The molecule has 2 fully saturated rings. The monoisotopic (exact) mass is 420 g/mol. The van der Waals surface area contributed by atoms with E-state index in [0.717, 1.165) is 25.0 Å². The van der Waals surface area contributed by atoms with Gasteiger partial charge in [-0.25, -0.2) is 17.2 Å². The van der Waals surface area contributed by atoms with E-state index in [2.05, 4.69) is 16.5 Å². The van der Waals surface area contributed by atoms with E-state index in [1.165, 1.54) is 31.4 Å². The van der Waals surface area contributed by atoms with Crippen molar-refractivity contribution >= 4 is 15.7 Å². The van der Waals surface area contributed by atoms with Crippen LogP contribution in [0.15, 0.2) is 47.4 Å². The maximum absolute atomic E-state index is 13.4. The van der Waals surface area contributed by atoms with Crippen molar-refractivity contribution in [3.63, 3.8) is 0 Å². The highest BCUT2D eigenvalue weighted by molar-refractivity contribution is 7.92. The molecule has 0 aromatic heterocycles. The molecule has 1 saturated carbocycles. The van der Waals surface area contributed by atoms with E-state index >= 15 is 0 Å². The number of halogens is 2. The third-order valence-corrected chi connectivity index (χ3v) is 7.69. The van der Waals surface area contributed by atoms with E-state index in [1.807, 2.05) is 12.1 Å². The maximum Gasteiger partial charge on any atom is 0.261 e. The molecular formula is C22H26F2N2O2S. The summed E-state index contributed by atoms with van der Waals surface area (Å²) in [6, 6.07) is 11.3. The van der Waals surface area contributed by atoms with E-state index in [1.54, 1.807) is 12.1 Å². The van der Waals surface area contributed by atoms with Gasteiger partial charge in [-0.05, 0) is 87.4 Å². The first kappa shape index (κ1) is 20.3. The molecule has 156 valence electrons. The highest BCUT2D eigenvalue weighted by Gasteiger charge is 2.34. The van der Waals surface area contributed by atoms with Crippen molar-refractivity contribution in [3.05, 3.63) is 59.7 Å². The van der Waals surface area contributed by atoms with E-state index in [9.17, 15) is 17.2 Å². The molecule has 2 aliphatic rings. The van der Waals surface area contributed by atoms with Crippen molar-refractivity contribution in [1.29, 1.82) is 0 Å². The summed E-state index contributed by atoms with van der Waals surface area (Å²) in [5.41, 5.74) is 1.62. The van der Waals surface area contributed by atoms with Crippen LogP contribution in [0.25, 0.3) is 0 Å². The summed E-state index contributed by atoms with van der Waals surface area (Å²) in [6.07, 6.45) is 6.07. The number of sulfonamides is 1. The number of nitrogens with one attached hydrogen (secondary N) is 1. The van der Waals surface area contributed by atoms with Crippen molar-refractivity contribution in [1.82, 2.24) is 4.90 Å². The Kier molecular flexibility index (Phi) is 5.62. The van der Waals surface area contributed by atoms with E-state index in [0.29, 0.717) is 29.8 Å². The standard InChI is InChI=1S/C22H26F2N2O2S/c1-15-3-2-12-26(15)19-9-6-17(13-19)16-4-7-18(8-5-16)25-29(27,28)20-10-11-21(23)22(24)14-20/h4-5,7-8,10-11,14-15,17,19,25H,2-3,6,9,12-13H2,1H3. The molecule has 0 bridgehead atoms. The minimum atomic E-state index is -3.97. The molecule has 1 aliphatic heterocycles. The Labute approximate surface area is 171 Å². The fourth-order valence-corrected chi connectivity index (χ4v) is 5.81. The van der Waals surface area contributed by atoms with Crippen LogP contribution in [0.2, 0.25) is 0 Å². The van der Waals surface area contributed by atoms with Crippen molar-refractivity contribution < 1.29 is 17.2 Å². The number of hydrogen-bond donors (Lipinski definition) is 1. The molecule has 1 heterocycles. The largest absolute Gasteiger partial charge is 0.298 e. The lowest BCUT2D eigenvalue weighted by atomic mass is 9.97. The summed E-state index contributed by atoms with van der Waals surface area (Å²) in [4.78, 5) is 2.34. The molecule has 0 radical (unpaired) electrons. The molecule has 0 amide bonds. The zero-order valence-corrected chi connectivity index (χ0v) is 17.3. The Morgan fingerprint density at radius 1 is 1.00 bits per heavy atom. The summed E-state index contributed by atoms with van der Waals surface area (Å²) >= 11 is 0. The molecule has 1 saturated heterocycles. The molecule has 29 heavy (non-hydrogen) atoms. The van der Waals surface area contributed by atoms with Crippen LogP contribution in [0.1, 0.15) is 50.5 Å². The van der Waals surface area contributed by atoms with Gasteiger partial charge >= 0.3 is 0 Å². The molecule has 0 spiro atoms. The zero-order valence-electron chi connectivity index (χ0n) is 16.4. The number of hydrogen-bond acceptors (Lipinski definition) is 3. The predicted molar refractivity (Wildman–Crippen MR) is 109 cm³/mol. The number of anilines is 1. The van der Waals surface area contributed by atoms with Gasteiger partial charge in [0, 0.05) is 17.8 Å². The molecule has 3 unspecified atom stereocenters. The summed E-state index contributed by atoms with van der Waals surface area (Å²) in [5.74, 6) is -1.78. The van der Waals surface area contributed by atoms with Crippen LogP contribution in [-0.2, 0) is 10.0 Å². The van der Waals surface area contributed by atoms with Gasteiger partial charge in [0.25, 0.3) is 10.0 Å². The lowest BCUT2D eigenvalue weighted by Gasteiger charge is -2.28. The molecule has 7 heteroatoms. The second kappa shape index (κ2) is 8.03. The number of likely N-dealkylation sites (tertiary alicyclic amines) is 1. The van der Waals surface area contributed by atoms with Gasteiger partial charge < -0.3 is 0 Å². The van der Waals surface area contributed by atoms with Crippen LogP contribution < -0.4 is 4.72 Å².